The Kier molecular flexibility index (Phi) is 3.99. The van der Waals surface area contributed by atoms with E-state index in [1.807, 2.05) is 16.8 Å². The van der Waals surface area contributed by atoms with Gasteiger partial charge in [0.2, 0.25) is 0 Å². The summed E-state index contributed by atoms with van der Waals surface area (Å²) >= 11 is 1.51. The normalized spacial score (nSPS) is 10.5. The summed E-state index contributed by atoms with van der Waals surface area (Å²) in [5, 5.41) is 18.3. The van der Waals surface area contributed by atoms with Crippen LogP contribution in [0.1, 0.15) is 15.9 Å². The summed E-state index contributed by atoms with van der Waals surface area (Å²) in [5.74, 6) is -0.612. The Hall–Kier alpha value is -2.54. The molecule has 2 aromatic rings. The molecule has 0 atom stereocenters. The van der Waals surface area contributed by atoms with Crippen LogP contribution in [0.25, 0.3) is 0 Å². The van der Waals surface area contributed by atoms with Gasteiger partial charge in [0.1, 0.15) is 5.56 Å². The third-order valence-corrected chi connectivity index (χ3v) is 2.97. The summed E-state index contributed by atoms with van der Waals surface area (Å²) in [6.07, 6.45) is 1.48. The molecule has 6 nitrogen and oxygen atoms in total. The Morgan fingerprint density at radius 1 is 1.37 bits per heavy atom. The van der Waals surface area contributed by atoms with Crippen LogP contribution in [0.4, 0.5) is 5.69 Å². The molecule has 1 aromatic heterocycles. The van der Waals surface area contributed by atoms with Gasteiger partial charge in [0, 0.05) is 11.6 Å². The van der Waals surface area contributed by atoms with Crippen molar-refractivity contribution in [2.45, 2.75) is 0 Å². The van der Waals surface area contributed by atoms with Crippen LogP contribution in [0.5, 0.6) is 0 Å². The molecule has 0 fully saturated rings. The van der Waals surface area contributed by atoms with E-state index in [4.69, 9.17) is 0 Å². The van der Waals surface area contributed by atoms with Gasteiger partial charge in [0.15, 0.2) is 0 Å². The van der Waals surface area contributed by atoms with Gasteiger partial charge >= 0.3 is 0 Å². The summed E-state index contributed by atoms with van der Waals surface area (Å²) in [7, 11) is 0. The molecule has 7 heteroatoms. The second-order valence-electron chi connectivity index (χ2n) is 3.53. The fraction of sp³-hybridized carbons (Fsp3) is 0. The molecule has 0 aliphatic heterocycles. The first-order valence-electron chi connectivity index (χ1n) is 5.27. The van der Waals surface area contributed by atoms with Gasteiger partial charge in [-0.25, -0.2) is 5.43 Å². The first-order chi connectivity index (χ1) is 9.18. The largest absolute Gasteiger partial charge is 0.282 e. The molecule has 2 rings (SSSR count). The third-order valence-electron chi connectivity index (χ3n) is 2.27. The lowest BCUT2D eigenvalue weighted by molar-refractivity contribution is -0.385. The highest BCUT2D eigenvalue weighted by Gasteiger charge is 2.18. The monoisotopic (exact) mass is 275 g/mol. The number of hydrogen-bond acceptors (Lipinski definition) is 5. The number of nitrogens with zero attached hydrogens (tertiary/aromatic N) is 2. The zero-order valence-electron chi connectivity index (χ0n) is 9.65. The highest BCUT2D eigenvalue weighted by atomic mass is 32.1. The molecule has 0 bridgehead atoms. The average molecular weight is 275 g/mol. The van der Waals surface area contributed by atoms with E-state index in [-0.39, 0.29) is 11.3 Å². The van der Waals surface area contributed by atoms with Crippen molar-refractivity contribution in [2.24, 2.45) is 5.10 Å². The van der Waals surface area contributed by atoms with Crippen LogP contribution >= 0.6 is 11.3 Å². The Morgan fingerprint density at radius 2 is 2.16 bits per heavy atom. The molecule has 1 N–H and O–H groups in total. The number of nitro groups is 1. The van der Waals surface area contributed by atoms with E-state index in [9.17, 15) is 14.9 Å². The van der Waals surface area contributed by atoms with E-state index < -0.39 is 10.8 Å². The van der Waals surface area contributed by atoms with E-state index in [2.05, 4.69) is 10.5 Å². The van der Waals surface area contributed by atoms with E-state index in [0.717, 1.165) is 5.56 Å². The minimum absolute atomic E-state index is 0.0185. The molecule has 0 aliphatic rings. The predicted molar refractivity (Wildman–Crippen MR) is 72.5 cm³/mol. The van der Waals surface area contributed by atoms with E-state index >= 15 is 0 Å². The van der Waals surface area contributed by atoms with Gasteiger partial charge in [0.05, 0.1) is 11.1 Å². The van der Waals surface area contributed by atoms with Crippen LogP contribution < -0.4 is 5.43 Å². The molecular formula is C12H9N3O3S. The molecule has 1 aromatic carbocycles. The molecule has 0 saturated carbocycles. The lowest BCUT2D eigenvalue weighted by Crippen LogP contribution is -2.18. The van der Waals surface area contributed by atoms with E-state index in [0.29, 0.717) is 0 Å². The highest BCUT2D eigenvalue weighted by molar-refractivity contribution is 7.08. The quantitative estimate of drug-likeness (QED) is 0.528. The number of amides is 1. The van der Waals surface area contributed by atoms with Gasteiger partial charge in [-0.05, 0) is 22.9 Å². The van der Waals surface area contributed by atoms with Crippen molar-refractivity contribution >= 4 is 29.1 Å². The van der Waals surface area contributed by atoms with Crippen molar-refractivity contribution in [1.82, 2.24) is 5.43 Å². The Labute approximate surface area is 112 Å². The van der Waals surface area contributed by atoms with Crippen LogP contribution in [0, 0.1) is 10.1 Å². The second kappa shape index (κ2) is 5.87. The van der Waals surface area contributed by atoms with Crippen molar-refractivity contribution in [1.29, 1.82) is 0 Å². The molecular weight excluding hydrogens is 266 g/mol. The molecule has 0 radical (unpaired) electrons. The van der Waals surface area contributed by atoms with Crippen LogP contribution in [-0.2, 0) is 0 Å². The zero-order chi connectivity index (χ0) is 13.7. The zero-order valence-corrected chi connectivity index (χ0v) is 10.5. The van der Waals surface area contributed by atoms with Gasteiger partial charge in [0.25, 0.3) is 11.6 Å². The smallest absolute Gasteiger partial charge is 0.267 e. The number of thiophene rings is 1. The number of hydrazone groups is 1. The van der Waals surface area contributed by atoms with Crippen LogP contribution in [0.2, 0.25) is 0 Å². The number of benzene rings is 1. The number of rotatable bonds is 4. The standard InChI is InChI=1S/C12H9N3O3S/c16-12(14-13-7-9-5-6-19-8-9)10-3-1-2-4-11(10)15(17)18/h1-8H,(H,14,16). The van der Waals surface area contributed by atoms with Crippen molar-refractivity contribution < 1.29 is 9.72 Å². The summed E-state index contributed by atoms with van der Waals surface area (Å²) in [6, 6.07) is 7.56. The van der Waals surface area contributed by atoms with Crippen LogP contribution in [0.3, 0.4) is 0 Å². The highest BCUT2D eigenvalue weighted by Crippen LogP contribution is 2.17. The van der Waals surface area contributed by atoms with Crippen molar-refractivity contribution in [2.75, 3.05) is 0 Å². The van der Waals surface area contributed by atoms with Gasteiger partial charge in [-0.15, -0.1) is 0 Å². The van der Waals surface area contributed by atoms with E-state index in [1.54, 1.807) is 6.07 Å². The maximum absolute atomic E-state index is 11.8. The number of nitrogens with one attached hydrogen (secondary N) is 1. The number of carbonyl (C=O) groups excluding carboxylic acids is 1. The molecule has 0 saturated heterocycles. The fourth-order valence-electron chi connectivity index (χ4n) is 1.40. The lowest BCUT2D eigenvalue weighted by Gasteiger charge is -2.00. The lowest BCUT2D eigenvalue weighted by atomic mass is 10.2. The second-order valence-corrected chi connectivity index (χ2v) is 4.31. The van der Waals surface area contributed by atoms with Crippen LogP contribution in [0.15, 0.2) is 46.2 Å². The Morgan fingerprint density at radius 3 is 2.84 bits per heavy atom. The van der Waals surface area contributed by atoms with Gasteiger partial charge in [-0.2, -0.15) is 16.4 Å². The SMILES string of the molecule is O=C(NN=Cc1ccsc1)c1ccccc1[N+](=O)[O-]. The Bertz CT molecular complexity index is 623. The van der Waals surface area contributed by atoms with E-state index in [1.165, 1.54) is 35.8 Å². The minimum Gasteiger partial charge on any atom is -0.267 e. The fourth-order valence-corrected chi connectivity index (χ4v) is 2.01. The number of para-hydroxylation sites is 1. The first-order valence-corrected chi connectivity index (χ1v) is 6.22. The first kappa shape index (κ1) is 12.9. The Balaban J connectivity index is 2.10. The molecule has 1 amide bonds. The molecule has 0 spiro atoms. The topological polar surface area (TPSA) is 84.6 Å². The molecule has 96 valence electrons. The number of nitro benzene ring substituents is 1. The summed E-state index contributed by atoms with van der Waals surface area (Å²) in [6.45, 7) is 0. The van der Waals surface area contributed by atoms with Crippen LogP contribution in [-0.4, -0.2) is 17.0 Å². The van der Waals surface area contributed by atoms with Gasteiger partial charge in [-0.3, -0.25) is 14.9 Å². The van der Waals surface area contributed by atoms with Crippen molar-refractivity contribution in [3.63, 3.8) is 0 Å². The number of hydrogen-bond donors (Lipinski definition) is 1. The maximum atomic E-state index is 11.8. The predicted octanol–water partition coefficient (Wildman–Crippen LogP) is 2.42. The summed E-state index contributed by atoms with van der Waals surface area (Å²) in [5.41, 5.74) is 2.85. The molecule has 1 heterocycles. The summed E-state index contributed by atoms with van der Waals surface area (Å²) < 4.78 is 0. The average Bonchev–Trinajstić information content (AvgIpc) is 2.91. The number of carbonyl (C=O) groups is 1. The van der Waals surface area contributed by atoms with Gasteiger partial charge < -0.3 is 0 Å². The maximum Gasteiger partial charge on any atom is 0.282 e. The minimum atomic E-state index is -0.612. The van der Waals surface area contributed by atoms with Crippen molar-refractivity contribution in [3.05, 3.63) is 62.3 Å². The molecule has 0 unspecified atom stereocenters. The van der Waals surface area contributed by atoms with Gasteiger partial charge in [-0.1, -0.05) is 12.1 Å². The third kappa shape index (κ3) is 3.23. The molecule has 19 heavy (non-hydrogen) atoms. The molecule has 0 aliphatic carbocycles. The summed E-state index contributed by atoms with van der Waals surface area (Å²) in [4.78, 5) is 21.9. The van der Waals surface area contributed by atoms with Crippen molar-refractivity contribution in [3.8, 4) is 0 Å².